The molecule has 2 rings (SSSR count). The van der Waals surface area contributed by atoms with Crippen molar-refractivity contribution >= 4 is 29.1 Å². The van der Waals surface area contributed by atoms with Crippen molar-refractivity contribution in [1.29, 1.82) is 0 Å². The number of methoxy groups -OCH3 is 1. The molecule has 0 aromatic heterocycles. The first kappa shape index (κ1) is 15.5. The Morgan fingerprint density at radius 1 is 1.35 bits per heavy atom. The molecule has 20 heavy (non-hydrogen) atoms. The highest BCUT2D eigenvalue weighted by molar-refractivity contribution is 6.36. The lowest BCUT2D eigenvalue weighted by Crippen LogP contribution is -2.38. The number of benzene rings is 1. The Morgan fingerprint density at radius 3 is 2.70 bits per heavy atom. The Hall–Kier alpha value is -0.930. The van der Waals surface area contributed by atoms with Gasteiger partial charge < -0.3 is 10.1 Å². The molecule has 1 N–H and O–H groups in total. The Bertz CT molecular complexity index is 473. The number of carbonyl (C=O) groups is 1. The van der Waals surface area contributed by atoms with Crippen molar-refractivity contribution < 1.29 is 9.53 Å². The summed E-state index contributed by atoms with van der Waals surface area (Å²) in [7, 11) is 1.54. The minimum Gasteiger partial charge on any atom is -0.496 e. The van der Waals surface area contributed by atoms with Crippen molar-refractivity contribution in [3.8, 4) is 5.75 Å². The van der Waals surface area contributed by atoms with Gasteiger partial charge in [0.25, 0.3) is 0 Å². The molecule has 1 unspecified atom stereocenters. The van der Waals surface area contributed by atoms with E-state index in [0.29, 0.717) is 16.3 Å². The predicted octanol–water partition coefficient (Wildman–Crippen LogP) is 4.08. The summed E-state index contributed by atoms with van der Waals surface area (Å²) in [5.74, 6) is 0.335. The fraction of sp³-hybridized carbons (Fsp3) is 0.533. The number of rotatable bonds is 4. The summed E-state index contributed by atoms with van der Waals surface area (Å²) >= 11 is 12.4. The summed E-state index contributed by atoms with van der Waals surface area (Å²) in [5.41, 5.74) is 0.534. The number of carbonyl (C=O) groups excluding carboxylic acids is 1. The summed E-state index contributed by atoms with van der Waals surface area (Å²) in [6.45, 7) is 0. The van der Waals surface area contributed by atoms with E-state index in [2.05, 4.69) is 5.32 Å². The quantitative estimate of drug-likeness (QED) is 0.850. The minimum absolute atomic E-state index is 0.204. The predicted molar refractivity (Wildman–Crippen MR) is 81.6 cm³/mol. The second-order valence-electron chi connectivity index (χ2n) is 5.06. The number of amides is 1. The Balaban J connectivity index is 2.10. The maximum Gasteiger partial charge on any atom is 0.243 e. The molecule has 0 radical (unpaired) electrons. The third kappa shape index (κ3) is 3.58. The van der Waals surface area contributed by atoms with Gasteiger partial charge in [-0.05, 0) is 25.0 Å². The standard InChI is InChI=1S/C15H19Cl2NO2/c1-20-12-9-5-8-11(16)13(12)14(17)15(19)18-10-6-3-2-4-7-10/h5,8-10,14H,2-4,6-7H2,1H3,(H,18,19). The molecule has 1 amide bonds. The molecule has 0 heterocycles. The zero-order chi connectivity index (χ0) is 14.5. The molecule has 0 aliphatic heterocycles. The number of halogens is 2. The van der Waals surface area contributed by atoms with E-state index in [9.17, 15) is 4.79 Å². The molecule has 1 saturated carbocycles. The molecule has 1 aliphatic rings. The Labute approximate surface area is 129 Å². The molecule has 110 valence electrons. The molecule has 5 heteroatoms. The van der Waals surface area contributed by atoms with Gasteiger partial charge >= 0.3 is 0 Å². The van der Waals surface area contributed by atoms with Crippen LogP contribution in [0.5, 0.6) is 5.75 Å². The van der Waals surface area contributed by atoms with Crippen LogP contribution >= 0.6 is 23.2 Å². The van der Waals surface area contributed by atoms with Crippen LogP contribution in [0.3, 0.4) is 0 Å². The van der Waals surface area contributed by atoms with Gasteiger partial charge in [0.1, 0.15) is 11.1 Å². The van der Waals surface area contributed by atoms with Crippen LogP contribution in [-0.4, -0.2) is 19.1 Å². The number of hydrogen-bond acceptors (Lipinski definition) is 2. The van der Waals surface area contributed by atoms with Crippen LogP contribution in [0.1, 0.15) is 43.0 Å². The summed E-state index contributed by atoms with van der Waals surface area (Å²) in [4.78, 5) is 12.3. The third-order valence-electron chi connectivity index (χ3n) is 3.67. The van der Waals surface area contributed by atoms with E-state index in [1.54, 1.807) is 18.2 Å². The van der Waals surface area contributed by atoms with E-state index in [1.807, 2.05) is 0 Å². The summed E-state index contributed by atoms with van der Waals surface area (Å²) in [5, 5.41) is 2.63. The molecule has 0 spiro atoms. The highest BCUT2D eigenvalue weighted by atomic mass is 35.5. The largest absolute Gasteiger partial charge is 0.496 e. The highest BCUT2D eigenvalue weighted by Gasteiger charge is 2.26. The van der Waals surface area contributed by atoms with Crippen LogP contribution in [0.25, 0.3) is 0 Å². The van der Waals surface area contributed by atoms with Crippen LogP contribution in [0.15, 0.2) is 18.2 Å². The van der Waals surface area contributed by atoms with Crippen molar-refractivity contribution in [2.45, 2.75) is 43.5 Å². The summed E-state index contributed by atoms with van der Waals surface area (Å²) in [6.07, 6.45) is 5.61. The average molecular weight is 316 g/mol. The zero-order valence-corrected chi connectivity index (χ0v) is 13.0. The normalized spacial score (nSPS) is 17.6. The zero-order valence-electron chi connectivity index (χ0n) is 11.5. The van der Waals surface area contributed by atoms with Crippen molar-refractivity contribution in [1.82, 2.24) is 5.32 Å². The van der Waals surface area contributed by atoms with Crippen molar-refractivity contribution in [2.75, 3.05) is 7.11 Å². The monoisotopic (exact) mass is 315 g/mol. The molecule has 1 aromatic rings. The average Bonchev–Trinajstić information content (AvgIpc) is 2.47. The van der Waals surface area contributed by atoms with Gasteiger partial charge in [0.2, 0.25) is 5.91 Å². The maximum atomic E-state index is 12.3. The Morgan fingerprint density at radius 2 is 2.05 bits per heavy atom. The smallest absolute Gasteiger partial charge is 0.243 e. The second kappa shape index (κ2) is 7.19. The van der Waals surface area contributed by atoms with Gasteiger partial charge in [0.05, 0.1) is 7.11 Å². The van der Waals surface area contributed by atoms with Gasteiger partial charge in [-0.15, -0.1) is 11.6 Å². The molecule has 3 nitrogen and oxygen atoms in total. The number of ether oxygens (including phenoxy) is 1. The van der Waals surface area contributed by atoms with E-state index in [4.69, 9.17) is 27.9 Å². The lowest BCUT2D eigenvalue weighted by Gasteiger charge is -2.24. The SMILES string of the molecule is COc1cccc(Cl)c1C(Cl)C(=O)NC1CCCCC1. The minimum atomic E-state index is -0.833. The highest BCUT2D eigenvalue weighted by Crippen LogP contribution is 2.36. The van der Waals surface area contributed by atoms with Gasteiger partial charge in [-0.2, -0.15) is 0 Å². The van der Waals surface area contributed by atoms with E-state index in [-0.39, 0.29) is 11.9 Å². The summed E-state index contributed by atoms with van der Waals surface area (Å²) < 4.78 is 5.24. The van der Waals surface area contributed by atoms with Gasteiger partial charge in [-0.3, -0.25) is 4.79 Å². The molecule has 1 fully saturated rings. The molecule has 0 bridgehead atoms. The van der Waals surface area contributed by atoms with E-state index >= 15 is 0 Å². The van der Waals surface area contributed by atoms with Crippen molar-refractivity contribution in [2.24, 2.45) is 0 Å². The molecule has 1 atom stereocenters. The first-order valence-electron chi connectivity index (χ1n) is 6.90. The molecule has 1 aliphatic carbocycles. The lowest BCUT2D eigenvalue weighted by molar-refractivity contribution is -0.121. The van der Waals surface area contributed by atoms with E-state index in [0.717, 1.165) is 25.7 Å². The van der Waals surface area contributed by atoms with Gasteiger partial charge in [0.15, 0.2) is 0 Å². The van der Waals surface area contributed by atoms with Gasteiger partial charge in [0, 0.05) is 16.6 Å². The fourth-order valence-corrected chi connectivity index (χ4v) is 3.21. The molecular weight excluding hydrogens is 297 g/mol. The number of nitrogens with one attached hydrogen (secondary N) is 1. The van der Waals surface area contributed by atoms with Crippen molar-refractivity contribution in [3.63, 3.8) is 0 Å². The van der Waals surface area contributed by atoms with E-state index in [1.165, 1.54) is 13.5 Å². The third-order valence-corrected chi connectivity index (χ3v) is 4.41. The number of alkyl halides is 1. The Kier molecular flexibility index (Phi) is 5.55. The van der Waals surface area contributed by atoms with Gasteiger partial charge in [-0.25, -0.2) is 0 Å². The van der Waals surface area contributed by atoms with Crippen LogP contribution in [0.2, 0.25) is 5.02 Å². The topological polar surface area (TPSA) is 38.3 Å². The summed E-state index contributed by atoms with van der Waals surface area (Å²) in [6, 6.07) is 5.46. The maximum absolute atomic E-state index is 12.3. The van der Waals surface area contributed by atoms with E-state index < -0.39 is 5.38 Å². The number of hydrogen-bond donors (Lipinski definition) is 1. The second-order valence-corrected chi connectivity index (χ2v) is 5.91. The fourth-order valence-electron chi connectivity index (χ4n) is 2.59. The van der Waals surface area contributed by atoms with Gasteiger partial charge in [-0.1, -0.05) is 36.9 Å². The molecule has 0 saturated heterocycles. The molecule has 1 aromatic carbocycles. The van der Waals surface area contributed by atoms with Crippen LogP contribution in [-0.2, 0) is 4.79 Å². The first-order chi connectivity index (χ1) is 9.63. The first-order valence-corrected chi connectivity index (χ1v) is 7.71. The van der Waals surface area contributed by atoms with Crippen LogP contribution < -0.4 is 10.1 Å². The van der Waals surface area contributed by atoms with Crippen molar-refractivity contribution in [3.05, 3.63) is 28.8 Å². The van der Waals surface area contributed by atoms with Crippen LogP contribution in [0.4, 0.5) is 0 Å². The van der Waals surface area contributed by atoms with Crippen LogP contribution in [0, 0.1) is 0 Å². The molecular formula is C15H19Cl2NO2. The lowest BCUT2D eigenvalue weighted by atomic mass is 9.95.